The Morgan fingerprint density at radius 2 is 2.47 bits per heavy atom. The van der Waals surface area contributed by atoms with Gasteiger partial charge in [0.1, 0.15) is 5.82 Å². The van der Waals surface area contributed by atoms with Crippen LogP contribution >= 0.6 is 0 Å². The van der Waals surface area contributed by atoms with Crippen molar-refractivity contribution in [2.45, 2.75) is 25.3 Å². The van der Waals surface area contributed by atoms with E-state index in [0.717, 1.165) is 24.4 Å². The van der Waals surface area contributed by atoms with Gasteiger partial charge in [-0.1, -0.05) is 0 Å². The maximum absolute atomic E-state index is 4.47. The summed E-state index contributed by atoms with van der Waals surface area (Å²) < 4.78 is 1.77. The first-order valence-corrected chi connectivity index (χ1v) is 6.19. The molecule has 1 atom stereocenters. The number of nitrogens with zero attached hydrogens (tertiary/aromatic N) is 3. The van der Waals surface area contributed by atoms with Gasteiger partial charge in [0, 0.05) is 24.8 Å². The maximum atomic E-state index is 4.47. The van der Waals surface area contributed by atoms with E-state index < -0.39 is 0 Å². The standard InChI is InChI=1S/C12H17N5/c1-2-10(13-6-1)3-7-14-11-5-9-17-12(16-11)4-8-15-17/h4-5,8-10,13H,1-3,6-7H2,(H,14,16)/t10-/m0/s1. The second-order valence-corrected chi connectivity index (χ2v) is 4.46. The average molecular weight is 231 g/mol. The molecule has 2 aromatic heterocycles. The fraction of sp³-hybridized carbons (Fsp3) is 0.500. The fourth-order valence-electron chi connectivity index (χ4n) is 2.29. The summed E-state index contributed by atoms with van der Waals surface area (Å²) in [6.07, 6.45) is 7.46. The molecule has 0 unspecified atom stereocenters. The Morgan fingerprint density at radius 1 is 1.47 bits per heavy atom. The van der Waals surface area contributed by atoms with E-state index in [-0.39, 0.29) is 0 Å². The largest absolute Gasteiger partial charge is 0.370 e. The molecule has 0 saturated carbocycles. The van der Waals surface area contributed by atoms with Crippen LogP contribution in [-0.4, -0.2) is 33.7 Å². The molecule has 1 aliphatic heterocycles. The van der Waals surface area contributed by atoms with Gasteiger partial charge in [0.15, 0.2) is 5.65 Å². The lowest BCUT2D eigenvalue weighted by Crippen LogP contribution is -2.24. The number of hydrogen-bond acceptors (Lipinski definition) is 4. The predicted molar refractivity (Wildman–Crippen MR) is 67.1 cm³/mol. The summed E-state index contributed by atoms with van der Waals surface area (Å²) in [6.45, 7) is 2.14. The second-order valence-electron chi connectivity index (χ2n) is 4.46. The lowest BCUT2D eigenvalue weighted by Gasteiger charge is -2.11. The van der Waals surface area contributed by atoms with Crippen LogP contribution in [0.3, 0.4) is 0 Å². The molecule has 0 aromatic carbocycles. The summed E-state index contributed by atoms with van der Waals surface area (Å²) in [4.78, 5) is 4.47. The molecule has 2 aromatic rings. The van der Waals surface area contributed by atoms with Crippen LogP contribution in [0.15, 0.2) is 24.5 Å². The molecule has 2 N–H and O–H groups in total. The Hall–Kier alpha value is -1.62. The summed E-state index contributed by atoms with van der Waals surface area (Å²) in [6, 6.07) is 4.55. The highest BCUT2D eigenvalue weighted by Gasteiger charge is 2.12. The van der Waals surface area contributed by atoms with E-state index in [1.54, 1.807) is 10.7 Å². The summed E-state index contributed by atoms with van der Waals surface area (Å²) in [5, 5.41) is 11.0. The van der Waals surface area contributed by atoms with Crippen molar-refractivity contribution in [2.75, 3.05) is 18.4 Å². The first-order valence-electron chi connectivity index (χ1n) is 6.19. The van der Waals surface area contributed by atoms with Crippen molar-refractivity contribution in [3.63, 3.8) is 0 Å². The van der Waals surface area contributed by atoms with Crippen LogP contribution < -0.4 is 10.6 Å². The number of fused-ring (bicyclic) bond motifs is 1. The minimum Gasteiger partial charge on any atom is -0.370 e. The molecule has 5 heteroatoms. The summed E-state index contributed by atoms with van der Waals surface area (Å²) in [7, 11) is 0. The number of aromatic nitrogens is 3. The first kappa shape index (κ1) is 10.5. The van der Waals surface area contributed by atoms with E-state index in [0.29, 0.717) is 6.04 Å². The van der Waals surface area contributed by atoms with Gasteiger partial charge in [-0.25, -0.2) is 9.50 Å². The van der Waals surface area contributed by atoms with Gasteiger partial charge in [0.05, 0.1) is 6.20 Å². The lowest BCUT2D eigenvalue weighted by atomic mass is 10.1. The quantitative estimate of drug-likeness (QED) is 0.832. The number of rotatable bonds is 4. The van der Waals surface area contributed by atoms with E-state index >= 15 is 0 Å². The van der Waals surface area contributed by atoms with Gasteiger partial charge in [-0.15, -0.1) is 0 Å². The minimum absolute atomic E-state index is 0.682. The first-order chi connectivity index (χ1) is 8.42. The smallest absolute Gasteiger partial charge is 0.157 e. The van der Waals surface area contributed by atoms with Crippen LogP contribution in [0.2, 0.25) is 0 Å². The molecular formula is C12H17N5. The lowest BCUT2D eigenvalue weighted by molar-refractivity contribution is 0.574. The summed E-state index contributed by atoms with van der Waals surface area (Å²) in [5.74, 6) is 0.927. The number of hydrogen-bond donors (Lipinski definition) is 2. The third kappa shape index (κ3) is 2.39. The highest BCUT2D eigenvalue weighted by Crippen LogP contribution is 2.10. The van der Waals surface area contributed by atoms with Gasteiger partial charge in [0.25, 0.3) is 0 Å². The van der Waals surface area contributed by atoms with Gasteiger partial charge < -0.3 is 10.6 Å². The molecule has 0 bridgehead atoms. The van der Waals surface area contributed by atoms with Crippen molar-refractivity contribution in [1.82, 2.24) is 19.9 Å². The van der Waals surface area contributed by atoms with Gasteiger partial charge in [-0.2, -0.15) is 5.10 Å². The molecule has 3 rings (SSSR count). The van der Waals surface area contributed by atoms with Crippen LogP contribution in [0.25, 0.3) is 5.65 Å². The van der Waals surface area contributed by atoms with Crippen molar-refractivity contribution in [2.24, 2.45) is 0 Å². The molecule has 0 amide bonds. The van der Waals surface area contributed by atoms with Crippen LogP contribution in [0.5, 0.6) is 0 Å². The van der Waals surface area contributed by atoms with Crippen molar-refractivity contribution >= 4 is 11.5 Å². The van der Waals surface area contributed by atoms with Crippen molar-refractivity contribution in [1.29, 1.82) is 0 Å². The molecule has 3 heterocycles. The molecule has 90 valence electrons. The zero-order valence-electron chi connectivity index (χ0n) is 9.76. The SMILES string of the molecule is c1cc2nc(NCC[C@@H]3CCCN3)ccn2n1. The molecule has 0 aliphatic carbocycles. The Balaban J connectivity index is 1.56. The summed E-state index contributed by atoms with van der Waals surface area (Å²) >= 11 is 0. The third-order valence-corrected chi connectivity index (χ3v) is 3.22. The van der Waals surface area contributed by atoms with Gasteiger partial charge >= 0.3 is 0 Å². The topological polar surface area (TPSA) is 54.2 Å². The van der Waals surface area contributed by atoms with Crippen LogP contribution in [-0.2, 0) is 0 Å². The van der Waals surface area contributed by atoms with Crippen LogP contribution in [0.1, 0.15) is 19.3 Å². The normalized spacial score (nSPS) is 19.9. The number of anilines is 1. The number of nitrogens with one attached hydrogen (secondary N) is 2. The third-order valence-electron chi connectivity index (χ3n) is 3.22. The highest BCUT2D eigenvalue weighted by atomic mass is 15.2. The fourth-order valence-corrected chi connectivity index (χ4v) is 2.29. The Kier molecular flexibility index (Phi) is 2.92. The zero-order chi connectivity index (χ0) is 11.5. The van der Waals surface area contributed by atoms with Gasteiger partial charge in [-0.05, 0) is 31.9 Å². The van der Waals surface area contributed by atoms with E-state index in [4.69, 9.17) is 0 Å². The van der Waals surface area contributed by atoms with E-state index in [1.165, 1.54) is 19.4 Å². The molecule has 0 spiro atoms. The molecule has 1 fully saturated rings. The molecule has 0 radical (unpaired) electrons. The monoisotopic (exact) mass is 231 g/mol. The Morgan fingerprint density at radius 3 is 3.35 bits per heavy atom. The van der Waals surface area contributed by atoms with Crippen LogP contribution in [0, 0.1) is 0 Å². The molecule has 5 nitrogen and oxygen atoms in total. The van der Waals surface area contributed by atoms with E-state index in [1.807, 2.05) is 18.3 Å². The summed E-state index contributed by atoms with van der Waals surface area (Å²) in [5.41, 5.74) is 0.883. The Bertz CT molecular complexity index is 486. The van der Waals surface area contributed by atoms with Crippen molar-refractivity contribution < 1.29 is 0 Å². The highest BCUT2D eigenvalue weighted by molar-refractivity contribution is 5.45. The van der Waals surface area contributed by atoms with E-state index in [9.17, 15) is 0 Å². The maximum Gasteiger partial charge on any atom is 0.157 e. The molecule has 1 aliphatic rings. The van der Waals surface area contributed by atoms with Gasteiger partial charge in [-0.3, -0.25) is 0 Å². The Labute approximate surface area is 100 Å². The predicted octanol–water partition coefficient (Wildman–Crippen LogP) is 1.28. The zero-order valence-corrected chi connectivity index (χ0v) is 9.76. The average Bonchev–Trinajstić information content (AvgIpc) is 2.98. The minimum atomic E-state index is 0.682. The molecule has 17 heavy (non-hydrogen) atoms. The van der Waals surface area contributed by atoms with Crippen LogP contribution in [0.4, 0.5) is 5.82 Å². The van der Waals surface area contributed by atoms with E-state index in [2.05, 4.69) is 20.7 Å². The molecule has 1 saturated heterocycles. The van der Waals surface area contributed by atoms with Crippen molar-refractivity contribution in [3.8, 4) is 0 Å². The second kappa shape index (κ2) is 4.71. The van der Waals surface area contributed by atoms with Crippen molar-refractivity contribution in [3.05, 3.63) is 24.5 Å². The molecular weight excluding hydrogens is 214 g/mol. The van der Waals surface area contributed by atoms with Gasteiger partial charge in [0.2, 0.25) is 0 Å².